The molecule has 0 aromatic heterocycles. The first kappa shape index (κ1) is 17.9. The van der Waals surface area contributed by atoms with E-state index in [0.717, 1.165) is 24.8 Å². The lowest BCUT2D eigenvalue weighted by atomic mass is 9.71. The zero-order chi connectivity index (χ0) is 18.6. The quantitative estimate of drug-likeness (QED) is 0.779. The van der Waals surface area contributed by atoms with E-state index in [-0.39, 0.29) is 24.1 Å². The van der Waals surface area contributed by atoms with Gasteiger partial charge in [0, 0.05) is 11.3 Å². The number of hydrogen-bond donors (Lipinski definition) is 2. The van der Waals surface area contributed by atoms with Gasteiger partial charge in [0.05, 0.1) is 12.0 Å². The smallest absolute Gasteiger partial charge is 0.247 e. The summed E-state index contributed by atoms with van der Waals surface area (Å²) in [4.78, 5) is 23.8. The molecule has 134 valence electrons. The fourth-order valence-electron chi connectivity index (χ4n) is 3.24. The topological polar surface area (TPSA) is 58.2 Å². The van der Waals surface area contributed by atoms with Crippen molar-refractivity contribution in [1.82, 2.24) is 5.32 Å². The second-order valence-electron chi connectivity index (χ2n) is 6.53. The maximum atomic E-state index is 14.2. The highest BCUT2D eigenvalue weighted by molar-refractivity contribution is 5.98. The van der Waals surface area contributed by atoms with Gasteiger partial charge in [-0.2, -0.15) is 0 Å². The van der Waals surface area contributed by atoms with E-state index in [9.17, 15) is 14.0 Å². The van der Waals surface area contributed by atoms with Crippen molar-refractivity contribution < 1.29 is 14.0 Å². The van der Waals surface area contributed by atoms with Crippen LogP contribution in [0.1, 0.15) is 30.4 Å². The number of anilines is 1. The first-order valence-electron chi connectivity index (χ1n) is 8.61. The largest absolute Gasteiger partial charge is 0.346 e. The van der Waals surface area contributed by atoms with Crippen LogP contribution in [0.5, 0.6) is 0 Å². The van der Waals surface area contributed by atoms with Gasteiger partial charge < -0.3 is 10.6 Å². The predicted octanol–water partition coefficient (Wildman–Crippen LogP) is 3.69. The number of hydrogen-bond acceptors (Lipinski definition) is 2. The van der Waals surface area contributed by atoms with Crippen molar-refractivity contribution in [3.05, 3.63) is 78.1 Å². The molecule has 5 heteroatoms. The third-order valence-electron chi connectivity index (χ3n) is 4.75. The molecule has 0 spiro atoms. The molecule has 0 radical (unpaired) electrons. The van der Waals surface area contributed by atoms with Crippen LogP contribution >= 0.6 is 0 Å². The van der Waals surface area contributed by atoms with Crippen molar-refractivity contribution in [3.63, 3.8) is 0 Å². The van der Waals surface area contributed by atoms with Crippen LogP contribution in [0, 0.1) is 5.82 Å². The van der Waals surface area contributed by atoms with Crippen LogP contribution in [0.4, 0.5) is 10.1 Å². The second kappa shape index (κ2) is 7.52. The molecule has 0 heterocycles. The number of nitrogens with one attached hydrogen (secondary N) is 2. The lowest BCUT2D eigenvalue weighted by Crippen LogP contribution is -2.51. The first-order chi connectivity index (χ1) is 12.5. The van der Waals surface area contributed by atoms with E-state index in [1.54, 1.807) is 42.5 Å². The van der Waals surface area contributed by atoms with Gasteiger partial charge in [-0.05, 0) is 49.1 Å². The molecular weight excluding hydrogens is 331 g/mol. The van der Waals surface area contributed by atoms with Crippen molar-refractivity contribution in [2.45, 2.75) is 31.2 Å². The van der Waals surface area contributed by atoms with E-state index in [4.69, 9.17) is 0 Å². The van der Waals surface area contributed by atoms with Gasteiger partial charge in [-0.25, -0.2) is 4.39 Å². The summed E-state index contributed by atoms with van der Waals surface area (Å²) in [6.45, 7) is 3.40. The zero-order valence-corrected chi connectivity index (χ0v) is 14.4. The molecule has 0 unspecified atom stereocenters. The average Bonchev–Trinajstić information content (AvgIpc) is 2.60. The summed E-state index contributed by atoms with van der Waals surface area (Å²) >= 11 is 0. The predicted molar refractivity (Wildman–Crippen MR) is 99.0 cm³/mol. The molecule has 1 aliphatic rings. The Morgan fingerprint density at radius 3 is 2.38 bits per heavy atom. The van der Waals surface area contributed by atoms with E-state index >= 15 is 0 Å². The molecule has 3 rings (SSSR count). The molecule has 2 N–H and O–H groups in total. The molecular formula is C21H21FN2O2. The number of halogens is 1. The molecule has 0 aliphatic heterocycles. The summed E-state index contributed by atoms with van der Waals surface area (Å²) in [5.41, 5.74) is 1.42. The molecule has 4 nitrogen and oxygen atoms in total. The second-order valence-corrected chi connectivity index (χ2v) is 6.53. The van der Waals surface area contributed by atoms with Gasteiger partial charge in [-0.3, -0.25) is 9.59 Å². The Morgan fingerprint density at radius 2 is 1.81 bits per heavy atom. The molecule has 2 amide bonds. The molecule has 1 fully saturated rings. The first-order valence-corrected chi connectivity index (χ1v) is 8.61. The molecule has 0 bridgehead atoms. The summed E-state index contributed by atoms with van der Waals surface area (Å²) in [5.74, 6) is -0.710. The Morgan fingerprint density at radius 1 is 1.12 bits per heavy atom. The van der Waals surface area contributed by atoms with Crippen molar-refractivity contribution in [1.29, 1.82) is 0 Å². The summed E-state index contributed by atoms with van der Waals surface area (Å²) in [6.07, 6.45) is 3.85. The standard InChI is InChI=1S/C21H21FN2O2/c1-2-19(25)23-16-10-8-15(9-11-16)14-20(26)24-21(12-5-13-21)17-6-3-4-7-18(17)22/h2-4,6-11H,1,5,12-14H2,(H,23,25)(H,24,26). The van der Waals surface area contributed by atoms with Gasteiger partial charge in [-0.15, -0.1) is 0 Å². The van der Waals surface area contributed by atoms with Crippen LogP contribution in [-0.2, 0) is 21.5 Å². The van der Waals surface area contributed by atoms with E-state index in [1.807, 2.05) is 0 Å². The maximum absolute atomic E-state index is 14.2. The lowest BCUT2D eigenvalue weighted by molar-refractivity contribution is -0.123. The molecule has 1 aliphatic carbocycles. The SMILES string of the molecule is C=CC(=O)Nc1ccc(CC(=O)NC2(c3ccccc3F)CCC2)cc1. The van der Waals surface area contributed by atoms with Gasteiger partial charge >= 0.3 is 0 Å². The number of carbonyl (C=O) groups is 2. The van der Waals surface area contributed by atoms with Crippen LogP contribution < -0.4 is 10.6 Å². The zero-order valence-electron chi connectivity index (χ0n) is 14.4. The molecule has 2 aromatic carbocycles. The van der Waals surface area contributed by atoms with Gasteiger partial charge in [0.25, 0.3) is 0 Å². The van der Waals surface area contributed by atoms with Gasteiger partial charge in [0.1, 0.15) is 5.82 Å². The minimum atomic E-state index is -0.597. The van der Waals surface area contributed by atoms with Crippen molar-refractivity contribution >= 4 is 17.5 Å². The summed E-state index contributed by atoms with van der Waals surface area (Å²) < 4.78 is 14.2. The maximum Gasteiger partial charge on any atom is 0.247 e. The third-order valence-corrected chi connectivity index (χ3v) is 4.75. The fourth-order valence-corrected chi connectivity index (χ4v) is 3.24. The fraction of sp³-hybridized carbons (Fsp3) is 0.238. The highest BCUT2D eigenvalue weighted by Crippen LogP contribution is 2.42. The Labute approximate surface area is 152 Å². The van der Waals surface area contributed by atoms with Crippen LogP contribution in [0.3, 0.4) is 0 Å². The van der Waals surface area contributed by atoms with Crippen LogP contribution in [0.2, 0.25) is 0 Å². The Hall–Kier alpha value is -2.95. The summed E-state index contributed by atoms with van der Waals surface area (Å²) in [7, 11) is 0. The van der Waals surface area contributed by atoms with Gasteiger partial charge in [-0.1, -0.05) is 36.9 Å². The van der Waals surface area contributed by atoms with E-state index in [0.29, 0.717) is 11.3 Å². The highest BCUT2D eigenvalue weighted by Gasteiger charge is 2.41. The molecule has 2 aromatic rings. The number of benzene rings is 2. The highest BCUT2D eigenvalue weighted by atomic mass is 19.1. The van der Waals surface area contributed by atoms with Crippen LogP contribution in [0.15, 0.2) is 61.2 Å². The molecule has 0 atom stereocenters. The van der Waals surface area contributed by atoms with Crippen LogP contribution in [0.25, 0.3) is 0 Å². The van der Waals surface area contributed by atoms with Crippen molar-refractivity contribution in [2.24, 2.45) is 0 Å². The molecule has 1 saturated carbocycles. The van der Waals surface area contributed by atoms with Gasteiger partial charge in [0.15, 0.2) is 0 Å². The minimum Gasteiger partial charge on any atom is -0.346 e. The van der Waals surface area contributed by atoms with Crippen molar-refractivity contribution in [2.75, 3.05) is 5.32 Å². The average molecular weight is 352 g/mol. The van der Waals surface area contributed by atoms with Crippen molar-refractivity contribution in [3.8, 4) is 0 Å². The summed E-state index contributed by atoms with van der Waals surface area (Å²) in [5, 5.41) is 5.69. The Balaban J connectivity index is 1.66. The molecule has 26 heavy (non-hydrogen) atoms. The lowest BCUT2D eigenvalue weighted by Gasteiger charge is -2.43. The normalized spacial score (nSPS) is 14.8. The van der Waals surface area contributed by atoms with E-state index < -0.39 is 5.54 Å². The third kappa shape index (κ3) is 3.82. The molecule has 0 saturated heterocycles. The Bertz CT molecular complexity index is 826. The number of carbonyl (C=O) groups excluding carboxylic acids is 2. The number of amides is 2. The van der Waals surface area contributed by atoms with E-state index in [2.05, 4.69) is 17.2 Å². The van der Waals surface area contributed by atoms with Crippen LogP contribution in [-0.4, -0.2) is 11.8 Å². The minimum absolute atomic E-state index is 0.143. The monoisotopic (exact) mass is 352 g/mol. The van der Waals surface area contributed by atoms with Gasteiger partial charge in [0.2, 0.25) is 11.8 Å². The summed E-state index contributed by atoms with van der Waals surface area (Å²) in [6, 6.07) is 13.7. The number of rotatable bonds is 6. The Kier molecular flexibility index (Phi) is 5.16. The van der Waals surface area contributed by atoms with E-state index in [1.165, 1.54) is 12.1 Å².